The van der Waals surface area contributed by atoms with Gasteiger partial charge in [-0.05, 0) is 30.0 Å². The normalized spacial score (nSPS) is 12.7. The summed E-state index contributed by atoms with van der Waals surface area (Å²) in [6, 6.07) is 13.1. The van der Waals surface area contributed by atoms with E-state index in [2.05, 4.69) is 13.8 Å². The predicted molar refractivity (Wildman–Crippen MR) is 80.9 cm³/mol. The van der Waals surface area contributed by atoms with Crippen LogP contribution in [0, 0.1) is 6.92 Å². The molecular weight excluding hydrogens is 250 g/mol. The molecule has 2 aromatic rings. The Kier molecular flexibility index (Phi) is 4.40. The average Bonchev–Trinajstić information content (AvgIpc) is 2.43. The summed E-state index contributed by atoms with van der Waals surface area (Å²) in [5, 5.41) is 10.3. The summed E-state index contributed by atoms with van der Waals surface area (Å²) in [6.45, 7) is 6.43. The molecule has 2 rings (SSSR count). The van der Waals surface area contributed by atoms with Crippen molar-refractivity contribution in [3.63, 3.8) is 0 Å². The lowest BCUT2D eigenvalue weighted by Gasteiger charge is -2.16. The van der Waals surface area contributed by atoms with Crippen LogP contribution in [0.1, 0.15) is 42.7 Å². The standard InChI is InChI=1S/C17H21NO2/c1-12(2)14-7-9-15(10-8-14)16(19)11-18-13(3)5-4-6-17(18)20/h4-10,12,16,19H,11H2,1-3H3. The van der Waals surface area contributed by atoms with Crippen LogP contribution in [0.25, 0.3) is 0 Å². The van der Waals surface area contributed by atoms with Gasteiger partial charge in [0.15, 0.2) is 0 Å². The smallest absolute Gasteiger partial charge is 0.250 e. The molecule has 0 saturated carbocycles. The Morgan fingerprint density at radius 1 is 1.05 bits per heavy atom. The van der Waals surface area contributed by atoms with Crippen molar-refractivity contribution in [2.45, 2.75) is 39.3 Å². The number of hydrogen-bond acceptors (Lipinski definition) is 2. The summed E-state index contributed by atoms with van der Waals surface area (Å²) in [6.07, 6.45) is -0.671. The van der Waals surface area contributed by atoms with Crippen LogP contribution in [-0.2, 0) is 6.54 Å². The number of rotatable bonds is 4. The molecule has 3 nitrogen and oxygen atoms in total. The van der Waals surface area contributed by atoms with Crippen molar-refractivity contribution in [1.82, 2.24) is 4.57 Å². The molecule has 1 atom stereocenters. The van der Waals surface area contributed by atoms with E-state index in [1.54, 1.807) is 10.6 Å². The summed E-state index contributed by atoms with van der Waals surface area (Å²) < 4.78 is 1.60. The van der Waals surface area contributed by atoms with Crippen LogP contribution < -0.4 is 5.56 Å². The lowest BCUT2D eigenvalue weighted by Crippen LogP contribution is -2.24. The van der Waals surface area contributed by atoms with Gasteiger partial charge >= 0.3 is 0 Å². The third kappa shape index (κ3) is 3.17. The SMILES string of the molecule is Cc1cccc(=O)n1CC(O)c1ccc(C(C)C)cc1. The molecule has 0 aliphatic rings. The third-order valence-electron chi connectivity index (χ3n) is 3.61. The lowest BCUT2D eigenvalue weighted by atomic mass is 10.00. The molecule has 0 saturated heterocycles. The number of aliphatic hydroxyl groups is 1. The number of aliphatic hydroxyl groups excluding tert-OH is 1. The fourth-order valence-corrected chi connectivity index (χ4v) is 2.24. The van der Waals surface area contributed by atoms with Gasteiger partial charge in [-0.2, -0.15) is 0 Å². The van der Waals surface area contributed by atoms with Gasteiger partial charge in [0.1, 0.15) is 0 Å². The Bertz CT molecular complexity index is 626. The Labute approximate surface area is 119 Å². The summed E-state index contributed by atoms with van der Waals surface area (Å²) in [7, 11) is 0. The van der Waals surface area contributed by atoms with Crippen molar-refractivity contribution in [2.24, 2.45) is 0 Å². The van der Waals surface area contributed by atoms with Gasteiger partial charge in [0.25, 0.3) is 5.56 Å². The van der Waals surface area contributed by atoms with Crippen LogP contribution in [-0.4, -0.2) is 9.67 Å². The molecule has 1 heterocycles. The van der Waals surface area contributed by atoms with Crippen LogP contribution in [0.3, 0.4) is 0 Å². The molecule has 106 valence electrons. The maximum atomic E-state index is 11.8. The molecular formula is C17H21NO2. The summed E-state index contributed by atoms with van der Waals surface area (Å²) in [5.74, 6) is 0.472. The highest BCUT2D eigenvalue weighted by atomic mass is 16.3. The fraction of sp³-hybridized carbons (Fsp3) is 0.353. The zero-order chi connectivity index (χ0) is 14.7. The molecule has 0 aliphatic heterocycles. The van der Waals surface area contributed by atoms with Gasteiger partial charge in [0.05, 0.1) is 12.6 Å². The van der Waals surface area contributed by atoms with Crippen molar-refractivity contribution in [3.8, 4) is 0 Å². The number of aromatic nitrogens is 1. The van der Waals surface area contributed by atoms with Gasteiger partial charge in [0, 0.05) is 11.8 Å². The topological polar surface area (TPSA) is 42.2 Å². The zero-order valence-corrected chi connectivity index (χ0v) is 12.2. The summed E-state index contributed by atoms with van der Waals surface area (Å²) in [5.41, 5.74) is 2.86. The van der Waals surface area contributed by atoms with Crippen LogP contribution in [0.4, 0.5) is 0 Å². The van der Waals surface area contributed by atoms with E-state index in [0.29, 0.717) is 5.92 Å². The molecule has 3 heteroatoms. The molecule has 1 unspecified atom stereocenters. The molecule has 1 N–H and O–H groups in total. The molecule has 20 heavy (non-hydrogen) atoms. The highest BCUT2D eigenvalue weighted by Gasteiger charge is 2.11. The minimum atomic E-state index is -0.671. The molecule has 0 fully saturated rings. The van der Waals surface area contributed by atoms with Crippen LogP contribution in [0.2, 0.25) is 0 Å². The van der Waals surface area contributed by atoms with Crippen molar-refractivity contribution in [2.75, 3.05) is 0 Å². The first-order valence-electron chi connectivity index (χ1n) is 6.93. The van der Waals surface area contributed by atoms with Crippen molar-refractivity contribution in [3.05, 3.63) is 69.6 Å². The Morgan fingerprint density at radius 3 is 2.20 bits per heavy atom. The van der Waals surface area contributed by atoms with E-state index in [1.165, 1.54) is 11.6 Å². The van der Waals surface area contributed by atoms with E-state index in [9.17, 15) is 9.90 Å². The highest BCUT2D eigenvalue weighted by molar-refractivity contribution is 5.26. The van der Waals surface area contributed by atoms with Crippen molar-refractivity contribution < 1.29 is 5.11 Å². The maximum absolute atomic E-state index is 11.8. The molecule has 0 spiro atoms. The second-order valence-electron chi connectivity index (χ2n) is 5.45. The summed E-state index contributed by atoms with van der Waals surface area (Å²) >= 11 is 0. The van der Waals surface area contributed by atoms with Gasteiger partial charge < -0.3 is 9.67 Å². The largest absolute Gasteiger partial charge is 0.387 e. The Morgan fingerprint density at radius 2 is 1.65 bits per heavy atom. The second kappa shape index (κ2) is 6.06. The first kappa shape index (κ1) is 14.5. The molecule has 1 aromatic carbocycles. The maximum Gasteiger partial charge on any atom is 0.250 e. The van der Waals surface area contributed by atoms with E-state index in [-0.39, 0.29) is 12.1 Å². The van der Waals surface area contributed by atoms with Crippen molar-refractivity contribution >= 4 is 0 Å². The minimum Gasteiger partial charge on any atom is -0.387 e. The molecule has 0 amide bonds. The van der Waals surface area contributed by atoms with E-state index >= 15 is 0 Å². The fourth-order valence-electron chi connectivity index (χ4n) is 2.24. The second-order valence-corrected chi connectivity index (χ2v) is 5.45. The van der Waals surface area contributed by atoms with E-state index in [4.69, 9.17) is 0 Å². The third-order valence-corrected chi connectivity index (χ3v) is 3.61. The number of benzene rings is 1. The quantitative estimate of drug-likeness (QED) is 0.928. The zero-order valence-electron chi connectivity index (χ0n) is 12.2. The molecule has 1 aromatic heterocycles. The summed E-state index contributed by atoms with van der Waals surface area (Å²) in [4.78, 5) is 11.8. The first-order valence-corrected chi connectivity index (χ1v) is 6.93. The van der Waals surface area contributed by atoms with Crippen LogP contribution >= 0.6 is 0 Å². The molecule has 0 bridgehead atoms. The molecule has 0 aliphatic carbocycles. The van der Waals surface area contributed by atoms with E-state index in [1.807, 2.05) is 37.3 Å². The van der Waals surface area contributed by atoms with Crippen LogP contribution in [0.15, 0.2) is 47.3 Å². The van der Waals surface area contributed by atoms with Gasteiger partial charge in [0.2, 0.25) is 0 Å². The predicted octanol–water partition coefficient (Wildman–Crippen LogP) is 3.01. The first-order chi connectivity index (χ1) is 9.49. The van der Waals surface area contributed by atoms with E-state index in [0.717, 1.165) is 11.3 Å². The monoisotopic (exact) mass is 271 g/mol. The number of hydrogen-bond donors (Lipinski definition) is 1. The van der Waals surface area contributed by atoms with Gasteiger partial charge in [-0.25, -0.2) is 0 Å². The average molecular weight is 271 g/mol. The highest BCUT2D eigenvalue weighted by Crippen LogP contribution is 2.19. The minimum absolute atomic E-state index is 0.0807. The van der Waals surface area contributed by atoms with Crippen molar-refractivity contribution in [1.29, 1.82) is 0 Å². The Hall–Kier alpha value is -1.87. The molecule has 0 radical (unpaired) electrons. The van der Waals surface area contributed by atoms with Gasteiger partial charge in [-0.1, -0.05) is 44.2 Å². The lowest BCUT2D eigenvalue weighted by molar-refractivity contribution is 0.154. The Balaban J connectivity index is 2.20. The van der Waals surface area contributed by atoms with E-state index < -0.39 is 6.10 Å². The number of aryl methyl sites for hydroxylation is 1. The van der Waals surface area contributed by atoms with Crippen LogP contribution in [0.5, 0.6) is 0 Å². The van der Waals surface area contributed by atoms with Gasteiger partial charge in [-0.15, -0.1) is 0 Å². The number of pyridine rings is 1. The number of nitrogens with zero attached hydrogens (tertiary/aromatic N) is 1. The van der Waals surface area contributed by atoms with Gasteiger partial charge in [-0.3, -0.25) is 4.79 Å².